The molecule has 128 valence electrons. The van der Waals surface area contributed by atoms with Crippen molar-refractivity contribution < 1.29 is 9.21 Å². The van der Waals surface area contributed by atoms with Crippen molar-refractivity contribution in [1.29, 1.82) is 0 Å². The first-order valence-corrected chi connectivity index (χ1v) is 8.93. The van der Waals surface area contributed by atoms with Gasteiger partial charge in [0.05, 0.1) is 5.56 Å². The molecule has 5 heteroatoms. The minimum Gasteiger partial charge on any atom is -0.436 e. The molecule has 0 unspecified atom stereocenters. The van der Waals surface area contributed by atoms with Crippen LogP contribution in [0, 0.1) is 6.92 Å². The third-order valence-electron chi connectivity index (χ3n) is 4.15. The SMILES string of the molecule is Cc1ccc(-c2nc3ccccc3o2)cc1NC(=O)c1ccccc1Br. The minimum atomic E-state index is -0.171. The van der Waals surface area contributed by atoms with Gasteiger partial charge in [0.25, 0.3) is 5.91 Å². The molecule has 0 bridgehead atoms. The summed E-state index contributed by atoms with van der Waals surface area (Å²) in [5.41, 5.74) is 4.63. The Morgan fingerprint density at radius 3 is 2.62 bits per heavy atom. The van der Waals surface area contributed by atoms with E-state index in [9.17, 15) is 4.79 Å². The number of amides is 1. The Hall–Kier alpha value is -2.92. The van der Waals surface area contributed by atoms with Crippen molar-refractivity contribution in [3.8, 4) is 11.5 Å². The lowest BCUT2D eigenvalue weighted by atomic mass is 10.1. The molecule has 0 fully saturated rings. The Morgan fingerprint density at radius 2 is 1.81 bits per heavy atom. The van der Waals surface area contributed by atoms with Crippen LogP contribution in [0.3, 0.4) is 0 Å². The standard InChI is InChI=1S/C21H15BrN2O2/c1-13-10-11-14(21-24-17-8-4-5-9-19(17)26-21)12-18(13)23-20(25)15-6-2-3-7-16(15)22/h2-12H,1H3,(H,23,25). The number of rotatable bonds is 3. The fraction of sp³-hybridized carbons (Fsp3) is 0.0476. The number of oxazole rings is 1. The maximum atomic E-state index is 12.6. The molecule has 1 amide bonds. The van der Waals surface area contributed by atoms with E-state index >= 15 is 0 Å². The third-order valence-corrected chi connectivity index (χ3v) is 4.84. The van der Waals surface area contributed by atoms with Gasteiger partial charge in [0, 0.05) is 15.7 Å². The van der Waals surface area contributed by atoms with E-state index in [1.54, 1.807) is 6.07 Å². The number of nitrogens with zero attached hydrogens (tertiary/aromatic N) is 1. The van der Waals surface area contributed by atoms with Gasteiger partial charge in [-0.2, -0.15) is 0 Å². The third kappa shape index (κ3) is 3.13. The van der Waals surface area contributed by atoms with Crippen LogP contribution in [0.15, 0.2) is 75.6 Å². The molecule has 0 saturated heterocycles. The van der Waals surface area contributed by atoms with Crippen LogP contribution >= 0.6 is 15.9 Å². The molecule has 0 saturated carbocycles. The van der Waals surface area contributed by atoms with Crippen molar-refractivity contribution in [2.45, 2.75) is 6.92 Å². The minimum absolute atomic E-state index is 0.171. The molecule has 4 rings (SSSR count). The Morgan fingerprint density at radius 1 is 1.04 bits per heavy atom. The van der Waals surface area contributed by atoms with Crippen molar-refractivity contribution in [1.82, 2.24) is 4.98 Å². The summed E-state index contributed by atoms with van der Waals surface area (Å²) in [6.07, 6.45) is 0. The fourth-order valence-corrected chi connectivity index (χ4v) is 3.19. The van der Waals surface area contributed by atoms with Crippen LogP contribution < -0.4 is 5.32 Å². The Balaban J connectivity index is 1.68. The van der Waals surface area contributed by atoms with Gasteiger partial charge >= 0.3 is 0 Å². The molecule has 0 atom stereocenters. The molecule has 0 aliphatic heterocycles. The zero-order chi connectivity index (χ0) is 18.1. The summed E-state index contributed by atoms with van der Waals surface area (Å²) in [4.78, 5) is 17.1. The molecular weight excluding hydrogens is 392 g/mol. The van der Waals surface area contributed by atoms with E-state index in [1.165, 1.54) is 0 Å². The van der Waals surface area contributed by atoms with E-state index in [4.69, 9.17) is 4.42 Å². The van der Waals surface area contributed by atoms with Crippen LogP contribution in [0.1, 0.15) is 15.9 Å². The van der Waals surface area contributed by atoms with Crippen molar-refractivity contribution in [3.63, 3.8) is 0 Å². The zero-order valence-electron chi connectivity index (χ0n) is 14.0. The molecule has 26 heavy (non-hydrogen) atoms. The normalized spacial score (nSPS) is 10.8. The first-order valence-electron chi connectivity index (χ1n) is 8.14. The number of fused-ring (bicyclic) bond motifs is 1. The lowest BCUT2D eigenvalue weighted by Crippen LogP contribution is -2.13. The second kappa shape index (κ2) is 6.77. The van der Waals surface area contributed by atoms with E-state index in [1.807, 2.05) is 67.6 Å². The molecule has 3 aromatic carbocycles. The molecule has 4 nitrogen and oxygen atoms in total. The average molecular weight is 407 g/mol. The Labute approximate surface area is 159 Å². The smallest absolute Gasteiger partial charge is 0.256 e. The van der Waals surface area contributed by atoms with Crippen LogP contribution in [0.2, 0.25) is 0 Å². The predicted molar refractivity (Wildman–Crippen MR) is 106 cm³/mol. The number of halogens is 1. The second-order valence-corrected chi connectivity index (χ2v) is 6.80. The van der Waals surface area contributed by atoms with Gasteiger partial charge in [0.1, 0.15) is 5.52 Å². The topological polar surface area (TPSA) is 55.1 Å². The number of hydrogen-bond acceptors (Lipinski definition) is 3. The number of carbonyl (C=O) groups is 1. The summed E-state index contributed by atoms with van der Waals surface area (Å²) in [7, 11) is 0. The molecule has 0 radical (unpaired) electrons. The lowest BCUT2D eigenvalue weighted by molar-refractivity contribution is 0.102. The summed E-state index contributed by atoms with van der Waals surface area (Å²) in [6.45, 7) is 1.95. The first kappa shape index (κ1) is 16.5. The highest BCUT2D eigenvalue weighted by Crippen LogP contribution is 2.28. The molecule has 1 heterocycles. The fourth-order valence-electron chi connectivity index (χ4n) is 2.72. The first-order chi connectivity index (χ1) is 12.6. The molecular formula is C21H15BrN2O2. The molecule has 1 aromatic heterocycles. The van der Waals surface area contributed by atoms with Gasteiger partial charge < -0.3 is 9.73 Å². The van der Waals surface area contributed by atoms with Gasteiger partial charge in [0.15, 0.2) is 5.58 Å². The number of aryl methyl sites for hydroxylation is 1. The molecule has 4 aromatic rings. The van der Waals surface area contributed by atoms with E-state index in [-0.39, 0.29) is 5.91 Å². The van der Waals surface area contributed by atoms with Crippen molar-refractivity contribution in [2.75, 3.05) is 5.32 Å². The number of benzene rings is 3. The average Bonchev–Trinajstić information content (AvgIpc) is 3.08. The van der Waals surface area contributed by atoms with Crippen LogP contribution in [0.5, 0.6) is 0 Å². The Kier molecular flexibility index (Phi) is 4.31. The maximum Gasteiger partial charge on any atom is 0.256 e. The van der Waals surface area contributed by atoms with Crippen LogP contribution in [-0.2, 0) is 0 Å². The van der Waals surface area contributed by atoms with Gasteiger partial charge in [-0.1, -0.05) is 30.3 Å². The molecule has 1 N–H and O–H groups in total. The number of para-hydroxylation sites is 2. The van der Waals surface area contributed by atoms with E-state index < -0.39 is 0 Å². The van der Waals surface area contributed by atoms with Crippen LogP contribution in [0.4, 0.5) is 5.69 Å². The number of aromatic nitrogens is 1. The highest BCUT2D eigenvalue weighted by atomic mass is 79.9. The lowest BCUT2D eigenvalue weighted by Gasteiger charge is -2.10. The van der Waals surface area contributed by atoms with Crippen LogP contribution in [0.25, 0.3) is 22.6 Å². The van der Waals surface area contributed by atoms with E-state index in [0.29, 0.717) is 11.5 Å². The number of nitrogens with one attached hydrogen (secondary N) is 1. The second-order valence-electron chi connectivity index (χ2n) is 5.95. The van der Waals surface area contributed by atoms with Gasteiger partial charge in [-0.3, -0.25) is 4.79 Å². The summed E-state index contributed by atoms with van der Waals surface area (Å²) >= 11 is 3.41. The number of carbonyl (C=O) groups excluding carboxylic acids is 1. The van der Waals surface area contributed by atoms with Gasteiger partial charge in [0.2, 0.25) is 5.89 Å². The van der Waals surface area contributed by atoms with Crippen molar-refractivity contribution >= 4 is 38.6 Å². The van der Waals surface area contributed by atoms with E-state index in [2.05, 4.69) is 26.2 Å². The summed E-state index contributed by atoms with van der Waals surface area (Å²) < 4.78 is 6.58. The summed E-state index contributed by atoms with van der Waals surface area (Å²) in [6, 6.07) is 20.7. The van der Waals surface area contributed by atoms with Gasteiger partial charge in [-0.05, 0) is 64.8 Å². The number of hydrogen-bond donors (Lipinski definition) is 1. The zero-order valence-corrected chi connectivity index (χ0v) is 15.6. The highest BCUT2D eigenvalue weighted by molar-refractivity contribution is 9.10. The highest BCUT2D eigenvalue weighted by Gasteiger charge is 2.13. The molecule has 0 spiro atoms. The van der Waals surface area contributed by atoms with Crippen LogP contribution in [-0.4, -0.2) is 10.9 Å². The Bertz CT molecular complexity index is 1080. The molecule has 0 aliphatic rings. The predicted octanol–water partition coefficient (Wildman–Crippen LogP) is 5.82. The van der Waals surface area contributed by atoms with Gasteiger partial charge in [-0.25, -0.2) is 4.98 Å². The molecule has 0 aliphatic carbocycles. The quantitative estimate of drug-likeness (QED) is 0.466. The largest absolute Gasteiger partial charge is 0.436 e. The van der Waals surface area contributed by atoms with E-state index in [0.717, 1.165) is 32.4 Å². The van der Waals surface area contributed by atoms with Crippen molar-refractivity contribution in [3.05, 3.63) is 82.3 Å². The van der Waals surface area contributed by atoms with Gasteiger partial charge in [-0.15, -0.1) is 0 Å². The summed E-state index contributed by atoms with van der Waals surface area (Å²) in [5.74, 6) is 0.359. The number of anilines is 1. The summed E-state index contributed by atoms with van der Waals surface area (Å²) in [5, 5.41) is 2.97. The maximum absolute atomic E-state index is 12.6. The monoisotopic (exact) mass is 406 g/mol. The van der Waals surface area contributed by atoms with Crippen molar-refractivity contribution in [2.24, 2.45) is 0 Å².